The molecule has 0 radical (unpaired) electrons. The Labute approximate surface area is 123 Å². The van der Waals surface area contributed by atoms with Gasteiger partial charge in [-0.15, -0.1) is 0 Å². The van der Waals surface area contributed by atoms with Gasteiger partial charge >= 0.3 is 0 Å². The van der Waals surface area contributed by atoms with E-state index in [1.807, 2.05) is 25.1 Å². The summed E-state index contributed by atoms with van der Waals surface area (Å²) in [4.78, 5) is 4.49. The second kappa shape index (κ2) is 5.94. The van der Waals surface area contributed by atoms with Crippen LogP contribution in [0.1, 0.15) is 24.2 Å². The smallest absolute Gasteiger partial charge is 0.259 e. The summed E-state index contributed by atoms with van der Waals surface area (Å²) in [5.41, 5.74) is 1.83. The van der Waals surface area contributed by atoms with Gasteiger partial charge in [0.25, 0.3) is 5.89 Å². The predicted octanol–water partition coefficient (Wildman–Crippen LogP) is 3.24. The van der Waals surface area contributed by atoms with E-state index in [-0.39, 0.29) is 0 Å². The van der Waals surface area contributed by atoms with Crippen LogP contribution in [0.5, 0.6) is 0 Å². The van der Waals surface area contributed by atoms with Crippen LogP contribution < -0.4 is 5.32 Å². The van der Waals surface area contributed by atoms with Crippen LogP contribution >= 0.6 is 11.6 Å². The van der Waals surface area contributed by atoms with Gasteiger partial charge < -0.3 is 9.84 Å². The van der Waals surface area contributed by atoms with E-state index in [0.29, 0.717) is 16.8 Å². The lowest BCUT2D eigenvalue weighted by Crippen LogP contribution is -2.31. The standard InChI is InChI=1S/C15H18ClN3O/c1-10-4-2-6-12(14(10)16)15-18-13(19-20-15)8-11-5-3-7-17-9-11/h2,4,6,11,17H,3,5,7-9H2,1H3. The summed E-state index contributed by atoms with van der Waals surface area (Å²) < 4.78 is 5.36. The van der Waals surface area contributed by atoms with E-state index < -0.39 is 0 Å². The van der Waals surface area contributed by atoms with Gasteiger partial charge in [0.15, 0.2) is 5.82 Å². The lowest BCUT2D eigenvalue weighted by Gasteiger charge is -2.20. The highest BCUT2D eigenvalue weighted by atomic mass is 35.5. The SMILES string of the molecule is Cc1cccc(-c2nc(CC3CCCNC3)no2)c1Cl. The summed E-state index contributed by atoms with van der Waals surface area (Å²) in [6.45, 7) is 4.12. The van der Waals surface area contributed by atoms with Crippen LogP contribution in [0.4, 0.5) is 0 Å². The fourth-order valence-corrected chi connectivity index (χ4v) is 2.82. The molecule has 1 unspecified atom stereocenters. The maximum Gasteiger partial charge on any atom is 0.259 e. The molecule has 1 aliphatic rings. The summed E-state index contributed by atoms with van der Waals surface area (Å²) in [7, 11) is 0. The van der Waals surface area contributed by atoms with Crippen molar-refractivity contribution in [1.82, 2.24) is 15.5 Å². The molecule has 1 saturated heterocycles. The number of aromatic nitrogens is 2. The Morgan fingerprint density at radius 1 is 1.45 bits per heavy atom. The molecule has 2 aromatic rings. The largest absolute Gasteiger partial charge is 0.334 e. The van der Waals surface area contributed by atoms with Crippen molar-refractivity contribution in [3.05, 3.63) is 34.6 Å². The maximum atomic E-state index is 6.29. The second-order valence-electron chi connectivity index (χ2n) is 5.37. The monoisotopic (exact) mass is 291 g/mol. The Kier molecular flexibility index (Phi) is 4.03. The van der Waals surface area contributed by atoms with Gasteiger partial charge in [0, 0.05) is 6.42 Å². The minimum Gasteiger partial charge on any atom is -0.334 e. The summed E-state index contributed by atoms with van der Waals surface area (Å²) >= 11 is 6.29. The number of benzene rings is 1. The normalized spacial score (nSPS) is 19.2. The van der Waals surface area contributed by atoms with Crippen LogP contribution in [0.25, 0.3) is 11.5 Å². The first-order chi connectivity index (χ1) is 9.74. The van der Waals surface area contributed by atoms with E-state index in [0.717, 1.165) is 36.5 Å². The van der Waals surface area contributed by atoms with Crippen LogP contribution in [0, 0.1) is 12.8 Å². The van der Waals surface area contributed by atoms with Crippen molar-refractivity contribution in [3.63, 3.8) is 0 Å². The second-order valence-corrected chi connectivity index (χ2v) is 5.75. The maximum absolute atomic E-state index is 6.29. The molecule has 5 heteroatoms. The molecule has 1 atom stereocenters. The highest BCUT2D eigenvalue weighted by Crippen LogP contribution is 2.29. The van der Waals surface area contributed by atoms with Gasteiger partial charge in [-0.1, -0.05) is 28.9 Å². The molecule has 2 heterocycles. The molecule has 1 fully saturated rings. The van der Waals surface area contributed by atoms with Crippen LogP contribution in [0.3, 0.4) is 0 Å². The quantitative estimate of drug-likeness (QED) is 0.943. The molecule has 3 rings (SSSR count). The molecule has 0 amide bonds. The molecule has 4 nitrogen and oxygen atoms in total. The first kappa shape index (κ1) is 13.6. The Morgan fingerprint density at radius 3 is 3.15 bits per heavy atom. The third-order valence-electron chi connectivity index (χ3n) is 3.76. The number of aryl methyl sites for hydroxylation is 1. The fraction of sp³-hybridized carbons (Fsp3) is 0.467. The van der Waals surface area contributed by atoms with Crippen molar-refractivity contribution in [2.45, 2.75) is 26.2 Å². The molecule has 1 N–H and O–H groups in total. The lowest BCUT2D eigenvalue weighted by molar-refractivity contribution is 0.360. The average Bonchev–Trinajstić information content (AvgIpc) is 2.91. The molecule has 1 aliphatic heterocycles. The molecular formula is C15H18ClN3O. The zero-order chi connectivity index (χ0) is 13.9. The summed E-state index contributed by atoms with van der Waals surface area (Å²) in [6.07, 6.45) is 3.31. The first-order valence-electron chi connectivity index (χ1n) is 7.03. The molecule has 0 saturated carbocycles. The van der Waals surface area contributed by atoms with E-state index in [4.69, 9.17) is 16.1 Å². The van der Waals surface area contributed by atoms with Crippen LogP contribution in [0.15, 0.2) is 22.7 Å². The van der Waals surface area contributed by atoms with Crippen molar-refractivity contribution < 1.29 is 4.52 Å². The van der Waals surface area contributed by atoms with Gasteiger partial charge in [-0.25, -0.2) is 0 Å². The number of halogens is 1. The molecule has 1 aromatic heterocycles. The summed E-state index contributed by atoms with van der Waals surface area (Å²) in [5.74, 6) is 1.88. The third-order valence-corrected chi connectivity index (χ3v) is 4.26. The van der Waals surface area contributed by atoms with E-state index >= 15 is 0 Å². The van der Waals surface area contributed by atoms with Crippen molar-refractivity contribution >= 4 is 11.6 Å². The predicted molar refractivity (Wildman–Crippen MR) is 78.8 cm³/mol. The number of hydrogen-bond donors (Lipinski definition) is 1. The number of hydrogen-bond acceptors (Lipinski definition) is 4. The highest BCUT2D eigenvalue weighted by molar-refractivity contribution is 6.33. The van der Waals surface area contributed by atoms with E-state index in [9.17, 15) is 0 Å². The number of nitrogens with zero attached hydrogens (tertiary/aromatic N) is 2. The van der Waals surface area contributed by atoms with Crippen molar-refractivity contribution in [1.29, 1.82) is 0 Å². The number of piperidine rings is 1. The Morgan fingerprint density at radius 2 is 2.35 bits per heavy atom. The van der Waals surface area contributed by atoms with Crippen LogP contribution in [-0.4, -0.2) is 23.2 Å². The average molecular weight is 292 g/mol. The number of nitrogens with one attached hydrogen (secondary N) is 1. The molecule has 106 valence electrons. The number of rotatable bonds is 3. The zero-order valence-corrected chi connectivity index (χ0v) is 12.3. The molecule has 0 spiro atoms. The van der Waals surface area contributed by atoms with Gasteiger partial charge in [-0.3, -0.25) is 0 Å². The molecule has 0 aliphatic carbocycles. The first-order valence-corrected chi connectivity index (χ1v) is 7.40. The van der Waals surface area contributed by atoms with Gasteiger partial charge in [0.2, 0.25) is 0 Å². The minimum atomic E-state index is 0.512. The Bertz CT molecular complexity index is 591. The Balaban J connectivity index is 1.77. The van der Waals surface area contributed by atoms with E-state index in [2.05, 4.69) is 15.5 Å². The topological polar surface area (TPSA) is 51.0 Å². The van der Waals surface area contributed by atoms with E-state index in [1.54, 1.807) is 0 Å². The zero-order valence-electron chi connectivity index (χ0n) is 11.5. The van der Waals surface area contributed by atoms with E-state index in [1.165, 1.54) is 12.8 Å². The minimum absolute atomic E-state index is 0.512. The molecule has 20 heavy (non-hydrogen) atoms. The van der Waals surface area contributed by atoms with Gasteiger partial charge in [-0.2, -0.15) is 4.98 Å². The molecular weight excluding hydrogens is 274 g/mol. The third kappa shape index (κ3) is 2.86. The molecule has 1 aromatic carbocycles. The van der Waals surface area contributed by atoms with Crippen molar-refractivity contribution in [2.75, 3.05) is 13.1 Å². The van der Waals surface area contributed by atoms with Crippen molar-refractivity contribution in [3.8, 4) is 11.5 Å². The summed E-state index contributed by atoms with van der Waals surface area (Å²) in [6, 6.07) is 5.83. The van der Waals surface area contributed by atoms with Crippen LogP contribution in [-0.2, 0) is 6.42 Å². The molecule has 0 bridgehead atoms. The Hall–Kier alpha value is -1.39. The van der Waals surface area contributed by atoms with Crippen LogP contribution in [0.2, 0.25) is 5.02 Å². The van der Waals surface area contributed by atoms with Gasteiger partial charge in [0.1, 0.15) is 0 Å². The van der Waals surface area contributed by atoms with Crippen molar-refractivity contribution in [2.24, 2.45) is 5.92 Å². The van der Waals surface area contributed by atoms with Gasteiger partial charge in [0.05, 0.1) is 10.6 Å². The van der Waals surface area contributed by atoms with Gasteiger partial charge in [-0.05, 0) is 50.4 Å². The summed E-state index contributed by atoms with van der Waals surface area (Å²) in [5, 5.41) is 8.17. The fourth-order valence-electron chi connectivity index (χ4n) is 2.62. The lowest BCUT2D eigenvalue weighted by atomic mass is 9.96. The highest BCUT2D eigenvalue weighted by Gasteiger charge is 2.18.